The van der Waals surface area contributed by atoms with Crippen molar-refractivity contribution in [2.24, 2.45) is 0 Å². The Labute approximate surface area is 66.4 Å². The topological polar surface area (TPSA) is 63.4 Å². The van der Waals surface area contributed by atoms with Crippen LogP contribution in [0.2, 0.25) is 0 Å². The molecule has 0 aromatic rings. The molecule has 0 radical (unpaired) electrons. The average Bonchev–Trinajstić information content (AvgIpc) is 1.84. The van der Waals surface area contributed by atoms with Crippen molar-refractivity contribution >= 4 is 0 Å². The highest BCUT2D eigenvalue weighted by atomic mass is 16.6. The van der Waals surface area contributed by atoms with Crippen LogP contribution in [0.3, 0.4) is 0 Å². The van der Waals surface area contributed by atoms with E-state index in [1.807, 2.05) is 0 Å². The number of rotatable bonds is 4. The molecule has 0 aromatic heterocycles. The molecule has 1 atom stereocenters. The van der Waals surface area contributed by atoms with Gasteiger partial charge in [-0.3, -0.25) is 10.1 Å². The normalized spacial score (nSPS) is 14.5. The van der Waals surface area contributed by atoms with Crippen LogP contribution < -0.4 is 0 Å². The highest BCUT2D eigenvalue weighted by molar-refractivity contribution is 4.67. The molecule has 4 nitrogen and oxygen atoms in total. The number of aliphatic hydroxyl groups is 1. The largest absolute Gasteiger partial charge is 0.393 e. The third-order valence-electron chi connectivity index (χ3n) is 1.67. The summed E-state index contributed by atoms with van der Waals surface area (Å²) in [7, 11) is 0. The van der Waals surface area contributed by atoms with Crippen LogP contribution in [0.1, 0.15) is 33.6 Å². The molecule has 0 rings (SSSR count). The Morgan fingerprint density at radius 1 is 1.64 bits per heavy atom. The Morgan fingerprint density at radius 2 is 2.09 bits per heavy atom. The zero-order chi connectivity index (χ0) is 9.07. The van der Waals surface area contributed by atoms with E-state index >= 15 is 0 Å². The van der Waals surface area contributed by atoms with Crippen molar-refractivity contribution < 1.29 is 10.0 Å². The molecule has 11 heavy (non-hydrogen) atoms. The van der Waals surface area contributed by atoms with Crippen molar-refractivity contribution in [2.45, 2.75) is 45.3 Å². The van der Waals surface area contributed by atoms with Crippen LogP contribution in [0.5, 0.6) is 0 Å². The van der Waals surface area contributed by atoms with Gasteiger partial charge in [-0.15, -0.1) is 0 Å². The standard InChI is InChI=1S/C7H15NO3/c1-6(9)4-5-7(2,3)8(10)11/h6,9H,4-5H2,1-3H3/t6-/m0/s1. The maximum absolute atomic E-state index is 10.4. The van der Waals surface area contributed by atoms with Gasteiger partial charge in [0.05, 0.1) is 6.10 Å². The molecule has 0 spiro atoms. The second-order valence-electron chi connectivity index (χ2n) is 3.46. The third-order valence-corrected chi connectivity index (χ3v) is 1.67. The van der Waals surface area contributed by atoms with Gasteiger partial charge in [0.2, 0.25) is 5.54 Å². The Bertz CT molecular complexity index is 143. The zero-order valence-electron chi connectivity index (χ0n) is 7.20. The van der Waals surface area contributed by atoms with Crippen LogP contribution >= 0.6 is 0 Å². The summed E-state index contributed by atoms with van der Waals surface area (Å²) in [5.74, 6) is 0. The molecule has 66 valence electrons. The molecular weight excluding hydrogens is 146 g/mol. The molecule has 0 aliphatic carbocycles. The van der Waals surface area contributed by atoms with Crippen LogP contribution in [0.15, 0.2) is 0 Å². The van der Waals surface area contributed by atoms with Gasteiger partial charge in [0.15, 0.2) is 0 Å². The van der Waals surface area contributed by atoms with Gasteiger partial charge in [-0.25, -0.2) is 0 Å². The molecule has 0 aliphatic heterocycles. The predicted octanol–water partition coefficient (Wildman–Crippen LogP) is 1.20. The van der Waals surface area contributed by atoms with Crippen molar-refractivity contribution in [3.8, 4) is 0 Å². The van der Waals surface area contributed by atoms with Gasteiger partial charge in [0.25, 0.3) is 0 Å². The van der Waals surface area contributed by atoms with Crippen LogP contribution in [0.4, 0.5) is 0 Å². The summed E-state index contributed by atoms with van der Waals surface area (Å²) < 4.78 is 0. The van der Waals surface area contributed by atoms with Gasteiger partial charge in [-0.2, -0.15) is 0 Å². The highest BCUT2D eigenvalue weighted by Gasteiger charge is 2.30. The van der Waals surface area contributed by atoms with Crippen LogP contribution in [0, 0.1) is 10.1 Å². The van der Waals surface area contributed by atoms with Crippen LogP contribution in [-0.2, 0) is 0 Å². The molecule has 0 heterocycles. The van der Waals surface area contributed by atoms with E-state index in [0.717, 1.165) is 0 Å². The minimum atomic E-state index is -0.906. The van der Waals surface area contributed by atoms with Crippen molar-refractivity contribution in [3.63, 3.8) is 0 Å². The van der Waals surface area contributed by atoms with Gasteiger partial charge in [-0.1, -0.05) is 0 Å². The molecule has 0 aromatic carbocycles. The van der Waals surface area contributed by atoms with Crippen molar-refractivity contribution in [1.29, 1.82) is 0 Å². The first-order chi connectivity index (χ1) is 4.86. The Balaban J connectivity index is 3.83. The molecule has 0 fully saturated rings. The lowest BCUT2D eigenvalue weighted by Crippen LogP contribution is -2.31. The molecule has 1 N–H and O–H groups in total. The van der Waals surface area contributed by atoms with E-state index in [4.69, 9.17) is 5.11 Å². The SMILES string of the molecule is C[C@H](O)CCC(C)(C)[N+](=O)[O-]. The van der Waals surface area contributed by atoms with Crippen LogP contribution in [-0.4, -0.2) is 21.7 Å². The molecule has 0 saturated heterocycles. The zero-order valence-corrected chi connectivity index (χ0v) is 7.20. The Morgan fingerprint density at radius 3 is 2.36 bits per heavy atom. The number of hydrogen-bond donors (Lipinski definition) is 1. The van der Waals surface area contributed by atoms with E-state index in [1.165, 1.54) is 0 Å². The first kappa shape index (κ1) is 10.4. The van der Waals surface area contributed by atoms with Gasteiger partial charge >= 0.3 is 0 Å². The minimum Gasteiger partial charge on any atom is -0.393 e. The van der Waals surface area contributed by atoms with Gasteiger partial charge < -0.3 is 5.11 Å². The van der Waals surface area contributed by atoms with Crippen molar-refractivity contribution in [3.05, 3.63) is 10.1 Å². The van der Waals surface area contributed by atoms with Crippen LogP contribution in [0.25, 0.3) is 0 Å². The highest BCUT2D eigenvalue weighted by Crippen LogP contribution is 2.16. The van der Waals surface area contributed by atoms with Gasteiger partial charge in [-0.05, 0) is 13.3 Å². The van der Waals surface area contributed by atoms with E-state index in [1.54, 1.807) is 20.8 Å². The lowest BCUT2D eigenvalue weighted by atomic mass is 9.98. The van der Waals surface area contributed by atoms with Gasteiger partial charge in [0.1, 0.15) is 0 Å². The second-order valence-corrected chi connectivity index (χ2v) is 3.46. The fourth-order valence-electron chi connectivity index (χ4n) is 0.653. The van der Waals surface area contributed by atoms with Crippen molar-refractivity contribution in [1.82, 2.24) is 0 Å². The summed E-state index contributed by atoms with van der Waals surface area (Å²) in [6.45, 7) is 4.76. The van der Waals surface area contributed by atoms with E-state index in [2.05, 4.69) is 0 Å². The fraction of sp³-hybridized carbons (Fsp3) is 1.00. The summed E-state index contributed by atoms with van der Waals surface area (Å²) in [6.07, 6.45) is 0.445. The summed E-state index contributed by atoms with van der Waals surface area (Å²) in [5, 5.41) is 19.2. The maximum atomic E-state index is 10.4. The summed E-state index contributed by atoms with van der Waals surface area (Å²) in [6, 6.07) is 0. The quantitative estimate of drug-likeness (QED) is 0.497. The third kappa shape index (κ3) is 3.93. The average molecular weight is 161 g/mol. The number of nitrogens with zero attached hydrogens (tertiary/aromatic N) is 1. The van der Waals surface area contributed by atoms with E-state index in [-0.39, 0.29) is 4.92 Å². The molecule has 0 unspecified atom stereocenters. The molecule has 0 aliphatic rings. The van der Waals surface area contributed by atoms with E-state index in [9.17, 15) is 10.1 Å². The maximum Gasteiger partial charge on any atom is 0.216 e. The first-order valence-corrected chi connectivity index (χ1v) is 3.69. The predicted molar refractivity (Wildman–Crippen MR) is 42.0 cm³/mol. The van der Waals surface area contributed by atoms with E-state index in [0.29, 0.717) is 12.8 Å². The minimum absolute atomic E-state index is 0.310. The van der Waals surface area contributed by atoms with E-state index < -0.39 is 11.6 Å². The molecule has 0 amide bonds. The summed E-state index contributed by atoms with van der Waals surface area (Å²) >= 11 is 0. The number of nitro groups is 1. The number of aliphatic hydroxyl groups excluding tert-OH is 1. The monoisotopic (exact) mass is 161 g/mol. The first-order valence-electron chi connectivity index (χ1n) is 3.69. The number of hydrogen-bond acceptors (Lipinski definition) is 3. The Hall–Kier alpha value is -0.640. The molecular formula is C7H15NO3. The molecule has 0 saturated carbocycles. The molecule has 0 bridgehead atoms. The fourth-order valence-corrected chi connectivity index (χ4v) is 0.653. The van der Waals surface area contributed by atoms with Crippen molar-refractivity contribution in [2.75, 3.05) is 0 Å². The lowest BCUT2D eigenvalue weighted by molar-refractivity contribution is -0.561. The Kier molecular flexibility index (Phi) is 3.45. The second kappa shape index (κ2) is 3.67. The summed E-state index contributed by atoms with van der Waals surface area (Å²) in [5.41, 5.74) is -0.906. The molecule has 4 heteroatoms. The van der Waals surface area contributed by atoms with Gasteiger partial charge in [0, 0.05) is 25.2 Å². The smallest absolute Gasteiger partial charge is 0.216 e. The summed E-state index contributed by atoms with van der Waals surface area (Å²) in [4.78, 5) is 10.0. The lowest BCUT2D eigenvalue weighted by Gasteiger charge is -2.15.